The van der Waals surface area contributed by atoms with E-state index in [1.54, 1.807) is 0 Å². The number of anilines is 1. The lowest BCUT2D eigenvalue weighted by atomic mass is 10.1. The molecule has 0 bridgehead atoms. The second-order valence-corrected chi connectivity index (χ2v) is 6.13. The summed E-state index contributed by atoms with van der Waals surface area (Å²) in [6.07, 6.45) is 2.69. The number of para-hydroxylation sites is 1. The van der Waals surface area contributed by atoms with Crippen LogP contribution in [-0.2, 0) is 6.54 Å². The largest absolute Gasteiger partial charge is 0.368 e. The van der Waals surface area contributed by atoms with Gasteiger partial charge in [0.15, 0.2) is 0 Å². The molecule has 21 heavy (non-hydrogen) atoms. The fourth-order valence-corrected chi connectivity index (χ4v) is 3.79. The number of nitrogens with zero attached hydrogens (tertiary/aromatic N) is 3. The normalized spacial score (nSPS) is 22.7. The predicted molar refractivity (Wildman–Crippen MR) is 86.4 cm³/mol. The molecule has 4 heteroatoms. The first-order valence-corrected chi connectivity index (χ1v) is 7.93. The van der Waals surface area contributed by atoms with Crippen LogP contribution in [0.25, 0.3) is 10.9 Å². The number of aromatic nitrogens is 1. The van der Waals surface area contributed by atoms with Gasteiger partial charge in [-0.05, 0) is 31.5 Å². The van der Waals surface area contributed by atoms with E-state index in [0.29, 0.717) is 6.54 Å². The van der Waals surface area contributed by atoms with Crippen molar-refractivity contribution in [2.75, 3.05) is 31.1 Å². The van der Waals surface area contributed by atoms with Crippen molar-refractivity contribution in [2.24, 2.45) is 5.73 Å². The molecule has 0 radical (unpaired) electrons. The second-order valence-electron chi connectivity index (χ2n) is 6.13. The summed E-state index contributed by atoms with van der Waals surface area (Å²) in [5.41, 5.74) is 9.19. The van der Waals surface area contributed by atoms with E-state index in [-0.39, 0.29) is 0 Å². The number of rotatable bonds is 2. The smallest absolute Gasteiger partial charge is 0.0726 e. The average Bonchev–Trinajstić information content (AvgIpc) is 3.01. The van der Waals surface area contributed by atoms with Crippen molar-refractivity contribution in [3.63, 3.8) is 0 Å². The number of fused-ring (bicyclic) bond motifs is 2. The Kier molecular flexibility index (Phi) is 3.28. The highest BCUT2D eigenvalue weighted by Crippen LogP contribution is 2.30. The summed E-state index contributed by atoms with van der Waals surface area (Å²) in [7, 11) is 0. The van der Waals surface area contributed by atoms with E-state index >= 15 is 0 Å². The van der Waals surface area contributed by atoms with Gasteiger partial charge in [-0.25, -0.2) is 0 Å². The first kappa shape index (κ1) is 13.0. The molecule has 1 unspecified atom stereocenters. The fourth-order valence-electron chi connectivity index (χ4n) is 3.79. The minimum Gasteiger partial charge on any atom is -0.368 e. The van der Waals surface area contributed by atoms with Crippen molar-refractivity contribution in [1.82, 2.24) is 9.88 Å². The lowest BCUT2D eigenvalue weighted by Crippen LogP contribution is -2.50. The number of benzene rings is 1. The van der Waals surface area contributed by atoms with Crippen molar-refractivity contribution < 1.29 is 0 Å². The Morgan fingerprint density at radius 2 is 2.10 bits per heavy atom. The van der Waals surface area contributed by atoms with Crippen LogP contribution < -0.4 is 10.6 Å². The van der Waals surface area contributed by atoms with E-state index in [1.165, 1.54) is 37.0 Å². The number of hydrogen-bond acceptors (Lipinski definition) is 4. The quantitative estimate of drug-likeness (QED) is 0.915. The van der Waals surface area contributed by atoms with Gasteiger partial charge < -0.3 is 10.6 Å². The molecule has 1 atom stereocenters. The zero-order valence-electron chi connectivity index (χ0n) is 12.3. The van der Waals surface area contributed by atoms with Gasteiger partial charge in [-0.2, -0.15) is 0 Å². The summed E-state index contributed by atoms with van der Waals surface area (Å²) in [4.78, 5) is 9.83. The maximum Gasteiger partial charge on any atom is 0.0726 e. The average molecular weight is 282 g/mol. The highest BCUT2D eigenvalue weighted by molar-refractivity contribution is 5.92. The molecule has 1 aromatic carbocycles. The summed E-state index contributed by atoms with van der Waals surface area (Å²) < 4.78 is 0. The third-order valence-electron chi connectivity index (χ3n) is 4.88. The van der Waals surface area contributed by atoms with Crippen molar-refractivity contribution in [3.05, 3.63) is 36.0 Å². The summed E-state index contributed by atoms with van der Waals surface area (Å²) in [5.74, 6) is 0. The van der Waals surface area contributed by atoms with E-state index in [1.807, 2.05) is 6.07 Å². The summed E-state index contributed by atoms with van der Waals surface area (Å²) in [5, 5.41) is 1.25. The number of piperazine rings is 1. The maximum absolute atomic E-state index is 5.84. The molecule has 4 nitrogen and oxygen atoms in total. The lowest BCUT2D eigenvalue weighted by Gasteiger charge is -2.39. The molecule has 0 saturated carbocycles. The van der Waals surface area contributed by atoms with Gasteiger partial charge >= 0.3 is 0 Å². The van der Waals surface area contributed by atoms with Crippen LogP contribution in [0.1, 0.15) is 18.5 Å². The van der Waals surface area contributed by atoms with Crippen molar-refractivity contribution in [3.8, 4) is 0 Å². The molecular formula is C17H22N4. The molecule has 4 rings (SSSR count). The minimum absolute atomic E-state index is 0.501. The van der Waals surface area contributed by atoms with E-state index in [0.717, 1.165) is 30.3 Å². The molecule has 3 heterocycles. The standard InChI is InChI=1S/C17H22N4/c18-11-13-10-17(15-5-1-2-6-16(15)19-13)21-9-8-20-7-3-4-14(20)12-21/h1-2,5-6,10,14H,3-4,7-9,11-12,18H2. The molecule has 2 aliphatic heterocycles. The van der Waals surface area contributed by atoms with Crippen LogP contribution in [0.2, 0.25) is 0 Å². The number of hydrogen-bond donors (Lipinski definition) is 1. The Labute approximate surface area is 125 Å². The molecule has 110 valence electrons. The summed E-state index contributed by atoms with van der Waals surface area (Å²) >= 11 is 0. The van der Waals surface area contributed by atoms with E-state index in [4.69, 9.17) is 5.73 Å². The second kappa shape index (κ2) is 5.28. The Morgan fingerprint density at radius 1 is 1.19 bits per heavy atom. The van der Waals surface area contributed by atoms with Crippen LogP contribution in [0.15, 0.2) is 30.3 Å². The molecule has 0 aliphatic carbocycles. The Hall–Kier alpha value is -1.65. The molecule has 2 saturated heterocycles. The highest BCUT2D eigenvalue weighted by Gasteiger charge is 2.31. The minimum atomic E-state index is 0.501. The Balaban J connectivity index is 1.75. The summed E-state index contributed by atoms with van der Waals surface area (Å²) in [6, 6.07) is 11.3. The maximum atomic E-state index is 5.84. The molecule has 2 fully saturated rings. The van der Waals surface area contributed by atoms with Crippen molar-refractivity contribution >= 4 is 16.6 Å². The van der Waals surface area contributed by atoms with Gasteiger partial charge in [0, 0.05) is 43.3 Å². The lowest BCUT2D eigenvalue weighted by molar-refractivity contribution is 0.231. The van der Waals surface area contributed by atoms with Crippen LogP contribution in [-0.4, -0.2) is 42.1 Å². The monoisotopic (exact) mass is 282 g/mol. The number of pyridine rings is 1. The Bertz CT molecular complexity index is 654. The molecule has 2 N–H and O–H groups in total. The van der Waals surface area contributed by atoms with Gasteiger partial charge in [-0.3, -0.25) is 9.88 Å². The zero-order valence-corrected chi connectivity index (χ0v) is 12.3. The van der Waals surface area contributed by atoms with Gasteiger partial charge in [-0.15, -0.1) is 0 Å². The molecule has 2 aromatic rings. The van der Waals surface area contributed by atoms with E-state index in [2.05, 4.69) is 39.0 Å². The number of nitrogens with two attached hydrogens (primary N) is 1. The molecule has 2 aliphatic rings. The topological polar surface area (TPSA) is 45.4 Å². The van der Waals surface area contributed by atoms with Gasteiger partial charge in [0.2, 0.25) is 0 Å². The summed E-state index contributed by atoms with van der Waals surface area (Å²) in [6.45, 7) is 5.21. The van der Waals surface area contributed by atoms with Crippen LogP contribution in [0.4, 0.5) is 5.69 Å². The van der Waals surface area contributed by atoms with Crippen LogP contribution in [0, 0.1) is 0 Å². The SMILES string of the molecule is NCc1cc(N2CCN3CCCC3C2)c2ccccc2n1. The van der Waals surface area contributed by atoms with Crippen molar-refractivity contribution in [2.45, 2.75) is 25.4 Å². The van der Waals surface area contributed by atoms with Crippen LogP contribution in [0.3, 0.4) is 0 Å². The van der Waals surface area contributed by atoms with Gasteiger partial charge in [0.05, 0.1) is 11.2 Å². The predicted octanol–water partition coefficient (Wildman–Crippen LogP) is 1.98. The molecule has 0 amide bonds. The van der Waals surface area contributed by atoms with E-state index in [9.17, 15) is 0 Å². The zero-order chi connectivity index (χ0) is 14.2. The first-order valence-electron chi connectivity index (χ1n) is 7.93. The highest BCUT2D eigenvalue weighted by atomic mass is 15.3. The first-order chi connectivity index (χ1) is 10.3. The fraction of sp³-hybridized carbons (Fsp3) is 0.471. The van der Waals surface area contributed by atoms with Crippen LogP contribution in [0.5, 0.6) is 0 Å². The van der Waals surface area contributed by atoms with E-state index < -0.39 is 0 Å². The van der Waals surface area contributed by atoms with Gasteiger partial charge in [0.25, 0.3) is 0 Å². The van der Waals surface area contributed by atoms with Gasteiger partial charge in [-0.1, -0.05) is 18.2 Å². The van der Waals surface area contributed by atoms with Crippen LogP contribution >= 0.6 is 0 Å². The Morgan fingerprint density at radius 3 is 3.00 bits per heavy atom. The molecule has 0 spiro atoms. The molecule has 1 aromatic heterocycles. The van der Waals surface area contributed by atoms with Gasteiger partial charge in [0.1, 0.15) is 0 Å². The molecular weight excluding hydrogens is 260 g/mol. The third-order valence-corrected chi connectivity index (χ3v) is 4.88. The van der Waals surface area contributed by atoms with Crippen molar-refractivity contribution in [1.29, 1.82) is 0 Å². The third kappa shape index (κ3) is 2.28.